The van der Waals surface area contributed by atoms with Gasteiger partial charge in [0, 0.05) is 18.7 Å². The monoisotopic (exact) mass is 310 g/mol. The van der Waals surface area contributed by atoms with Crippen LogP contribution < -0.4 is 5.32 Å². The van der Waals surface area contributed by atoms with Crippen LogP contribution in [0, 0.1) is 0 Å². The molecule has 0 radical (unpaired) electrons. The molecule has 1 aliphatic heterocycles. The van der Waals surface area contributed by atoms with E-state index in [9.17, 15) is 4.79 Å². The number of carbonyl (C=O) groups is 1. The fraction of sp³-hybridized carbons (Fsp3) is 0.222. The highest BCUT2D eigenvalue weighted by molar-refractivity contribution is 8.14. The summed E-state index contributed by atoms with van der Waals surface area (Å²) in [5.41, 5.74) is 3.04. The third-order valence-electron chi connectivity index (χ3n) is 3.52. The third kappa shape index (κ3) is 3.77. The van der Waals surface area contributed by atoms with Gasteiger partial charge >= 0.3 is 0 Å². The molecule has 4 heteroatoms. The van der Waals surface area contributed by atoms with Crippen molar-refractivity contribution >= 4 is 22.7 Å². The van der Waals surface area contributed by atoms with E-state index in [0.717, 1.165) is 41.4 Å². The summed E-state index contributed by atoms with van der Waals surface area (Å²) in [6.07, 6.45) is 1.07. The highest BCUT2D eigenvalue weighted by Crippen LogP contribution is 2.20. The van der Waals surface area contributed by atoms with Gasteiger partial charge < -0.3 is 5.32 Å². The van der Waals surface area contributed by atoms with Crippen molar-refractivity contribution in [3.8, 4) is 11.1 Å². The van der Waals surface area contributed by atoms with E-state index in [-0.39, 0.29) is 5.78 Å². The van der Waals surface area contributed by atoms with E-state index in [1.54, 1.807) is 0 Å². The Morgan fingerprint density at radius 1 is 1.05 bits per heavy atom. The maximum atomic E-state index is 12.2. The number of thioether (sulfide) groups is 1. The molecular weight excluding hydrogens is 292 g/mol. The second-order valence-corrected chi connectivity index (χ2v) is 6.09. The molecule has 0 bridgehead atoms. The first-order chi connectivity index (χ1) is 10.8. The molecule has 1 aliphatic rings. The molecule has 0 saturated carbocycles. The molecule has 0 aromatic heterocycles. The average molecular weight is 310 g/mol. The van der Waals surface area contributed by atoms with Gasteiger partial charge in [-0.05, 0) is 17.5 Å². The number of nitrogens with one attached hydrogen (secondary N) is 1. The molecule has 0 atom stereocenters. The van der Waals surface area contributed by atoms with Crippen molar-refractivity contribution in [2.75, 3.05) is 18.8 Å². The molecule has 1 N–H and O–H groups in total. The quantitative estimate of drug-likeness (QED) is 0.877. The molecule has 0 amide bonds. The van der Waals surface area contributed by atoms with Gasteiger partial charge in [0.1, 0.15) is 0 Å². The zero-order valence-corrected chi connectivity index (χ0v) is 13.1. The predicted octanol–water partition coefficient (Wildman–Crippen LogP) is 3.62. The van der Waals surface area contributed by atoms with E-state index in [4.69, 9.17) is 0 Å². The zero-order valence-electron chi connectivity index (χ0n) is 12.3. The molecule has 0 saturated heterocycles. The largest absolute Gasteiger partial charge is 0.365 e. The summed E-state index contributed by atoms with van der Waals surface area (Å²) < 4.78 is 0. The Labute approximate surface area is 134 Å². The van der Waals surface area contributed by atoms with Crippen molar-refractivity contribution in [2.24, 2.45) is 4.99 Å². The van der Waals surface area contributed by atoms with Crippen molar-refractivity contribution in [2.45, 2.75) is 6.42 Å². The number of carbonyl (C=O) groups excluding carboxylic acids is 1. The van der Waals surface area contributed by atoms with Crippen molar-refractivity contribution < 1.29 is 4.79 Å². The topological polar surface area (TPSA) is 41.5 Å². The first-order valence-electron chi connectivity index (χ1n) is 7.43. The van der Waals surface area contributed by atoms with Gasteiger partial charge in [-0.3, -0.25) is 9.79 Å². The SMILES string of the molecule is O=C(CSC1=NCCCN1)c1ccc(-c2ccccc2)cc1. The van der Waals surface area contributed by atoms with E-state index in [1.807, 2.05) is 42.5 Å². The van der Waals surface area contributed by atoms with Gasteiger partial charge in [-0.15, -0.1) is 0 Å². The normalized spacial score (nSPS) is 14.1. The fourth-order valence-electron chi connectivity index (χ4n) is 2.30. The standard InChI is InChI=1S/C18H18N2OS/c21-17(13-22-18-19-11-4-12-20-18)16-9-7-15(8-10-16)14-5-2-1-3-6-14/h1-3,5-10H,4,11-13H2,(H,19,20). The Bertz CT molecular complexity index is 665. The summed E-state index contributed by atoms with van der Waals surface area (Å²) in [4.78, 5) is 16.6. The van der Waals surface area contributed by atoms with Crippen LogP contribution in [-0.2, 0) is 0 Å². The second-order valence-electron chi connectivity index (χ2n) is 5.12. The van der Waals surface area contributed by atoms with Crippen LogP contribution in [0.5, 0.6) is 0 Å². The minimum Gasteiger partial charge on any atom is -0.365 e. The Morgan fingerprint density at radius 2 is 1.77 bits per heavy atom. The molecule has 0 unspecified atom stereocenters. The number of nitrogens with zero attached hydrogens (tertiary/aromatic N) is 1. The molecule has 3 nitrogen and oxygen atoms in total. The number of amidine groups is 1. The molecule has 112 valence electrons. The second kappa shape index (κ2) is 7.27. The first kappa shape index (κ1) is 14.9. The number of hydrogen-bond acceptors (Lipinski definition) is 4. The van der Waals surface area contributed by atoms with Crippen LogP contribution in [-0.4, -0.2) is 29.8 Å². The molecule has 0 spiro atoms. The Balaban J connectivity index is 1.62. The van der Waals surface area contributed by atoms with Gasteiger partial charge in [-0.2, -0.15) is 0 Å². The van der Waals surface area contributed by atoms with Crippen LogP contribution >= 0.6 is 11.8 Å². The van der Waals surface area contributed by atoms with E-state index in [1.165, 1.54) is 11.8 Å². The van der Waals surface area contributed by atoms with Crippen molar-refractivity contribution in [3.63, 3.8) is 0 Å². The lowest BCUT2D eigenvalue weighted by Crippen LogP contribution is -2.27. The van der Waals surface area contributed by atoms with Gasteiger partial charge in [-0.25, -0.2) is 0 Å². The van der Waals surface area contributed by atoms with Crippen molar-refractivity contribution in [1.29, 1.82) is 0 Å². The number of ketones is 1. The van der Waals surface area contributed by atoms with Crippen molar-refractivity contribution in [1.82, 2.24) is 5.32 Å². The van der Waals surface area contributed by atoms with Crippen LogP contribution in [0.3, 0.4) is 0 Å². The lowest BCUT2D eigenvalue weighted by atomic mass is 10.0. The smallest absolute Gasteiger partial charge is 0.173 e. The van der Waals surface area contributed by atoms with Gasteiger partial charge in [0.25, 0.3) is 0 Å². The van der Waals surface area contributed by atoms with E-state index in [0.29, 0.717) is 5.75 Å². The molecule has 22 heavy (non-hydrogen) atoms. The van der Waals surface area contributed by atoms with Crippen LogP contribution in [0.25, 0.3) is 11.1 Å². The molecule has 1 heterocycles. The number of aliphatic imine (C=N–C) groups is 1. The minimum absolute atomic E-state index is 0.139. The lowest BCUT2D eigenvalue weighted by Gasteiger charge is -2.13. The van der Waals surface area contributed by atoms with Crippen LogP contribution in [0.2, 0.25) is 0 Å². The zero-order chi connectivity index (χ0) is 15.2. The molecule has 3 rings (SSSR count). The van der Waals surface area contributed by atoms with E-state index >= 15 is 0 Å². The number of benzene rings is 2. The summed E-state index contributed by atoms with van der Waals surface area (Å²) in [5, 5.41) is 4.11. The molecule has 0 fully saturated rings. The first-order valence-corrected chi connectivity index (χ1v) is 8.41. The van der Waals surface area contributed by atoms with E-state index < -0.39 is 0 Å². The Hall–Kier alpha value is -2.07. The Morgan fingerprint density at radius 3 is 2.45 bits per heavy atom. The Kier molecular flexibility index (Phi) is 4.91. The molecule has 2 aromatic rings. The summed E-state index contributed by atoms with van der Waals surface area (Å²) in [7, 11) is 0. The van der Waals surface area contributed by atoms with Crippen LogP contribution in [0.1, 0.15) is 16.8 Å². The number of rotatable bonds is 4. The van der Waals surface area contributed by atoms with Crippen LogP contribution in [0.4, 0.5) is 0 Å². The van der Waals surface area contributed by atoms with Gasteiger partial charge in [-0.1, -0.05) is 66.4 Å². The predicted molar refractivity (Wildman–Crippen MR) is 93.6 cm³/mol. The lowest BCUT2D eigenvalue weighted by molar-refractivity contribution is 0.102. The van der Waals surface area contributed by atoms with Crippen LogP contribution in [0.15, 0.2) is 59.6 Å². The van der Waals surface area contributed by atoms with Gasteiger partial charge in [0.05, 0.1) is 5.75 Å². The maximum Gasteiger partial charge on any atom is 0.173 e. The molecule has 0 aliphatic carbocycles. The summed E-state index contributed by atoms with van der Waals surface area (Å²) in [6.45, 7) is 1.81. The average Bonchev–Trinajstić information content (AvgIpc) is 2.61. The number of hydrogen-bond donors (Lipinski definition) is 1. The minimum atomic E-state index is 0.139. The van der Waals surface area contributed by atoms with E-state index in [2.05, 4.69) is 22.4 Å². The summed E-state index contributed by atoms with van der Waals surface area (Å²) >= 11 is 1.49. The maximum absolute atomic E-state index is 12.2. The highest BCUT2D eigenvalue weighted by atomic mass is 32.2. The van der Waals surface area contributed by atoms with Crippen molar-refractivity contribution in [3.05, 3.63) is 60.2 Å². The molecular formula is C18H18N2OS. The summed E-state index contributed by atoms with van der Waals surface area (Å²) in [6, 6.07) is 18.0. The summed E-state index contributed by atoms with van der Waals surface area (Å²) in [5.74, 6) is 0.566. The molecule has 2 aromatic carbocycles. The number of Topliss-reactive ketones (excluding diaryl/α,β-unsaturated/α-hetero) is 1. The van der Waals surface area contributed by atoms with Gasteiger partial charge in [0.2, 0.25) is 0 Å². The fourth-order valence-corrected chi connectivity index (χ4v) is 3.13. The van der Waals surface area contributed by atoms with Gasteiger partial charge in [0.15, 0.2) is 11.0 Å². The third-order valence-corrected chi connectivity index (χ3v) is 4.47. The highest BCUT2D eigenvalue weighted by Gasteiger charge is 2.10.